The summed E-state index contributed by atoms with van der Waals surface area (Å²) in [6.45, 7) is 0.384. The van der Waals surface area contributed by atoms with Crippen molar-refractivity contribution in [2.45, 2.75) is 0 Å². The summed E-state index contributed by atoms with van der Waals surface area (Å²) in [6.07, 6.45) is 0. The molecule has 3 nitrogen and oxygen atoms in total. The summed E-state index contributed by atoms with van der Waals surface area (Å²) in [5.74, 6) is 0. The average molecular weight is 102 g/mol. The van der Waals surface area contributed by atoms with Gasteiger partial charge in [0, 0.05) is 5.28 Å². The summed E-state index contributed by atoms with van der Waals surface area (Å²) < 4.78 is 0. The van der Waals surface area contributed by atoms with E-state index in [1.165, 1.54) is 0 Å². The van der Waals surface area contributed by atoms with Crippen LogP contribution in [0.3, 0.4) is 0 Å². The molecule has 4 heteroatoms. The van der Waals surface area contributed by atoms with Gasteiger partial charge in [0.2, 0.25) is 0 Å². The van der Waals surface area contributed by atoms with Crippen LogP contribution in [0.25, 0.3) is 0 Å². The molecule has 1 aliphatic heterocycles. The molecule has 0 unspecified atom stereocenters. The summed E-state index contributed by atoms with van der Waals surface area (Å²) in [6, 6.07) is 0. The molecule has 0 bridgehead atoms. The normalized spacial score (nSPS) is 18.3. The van der Waals surface area contributed by atoms with Crippen LogP contribution in [0.1, 0.15) is 0 Å². The molecule has 0 fully saturated rings. The molecular formula is C2H2N2OS. The van der Waals surface area contributed by atoms with Crippen molar-refractivity contribution in [3.8, 4) is 0 Å². The molecule has 0 radical (unpaired) electrons. The molecule has 0 atom stereocenters. The lowest BCUT2D eigenvalue weighted by molar-refractivity contribution is 0.186. The zero-order chi connectivity index (χ0) is 4.41. The van der Waals surface area contributed by atoms with Gasteiger partial charge in [-0.1, -0.05) is 12.2 Å². The standard InChI is InChI=1S/C2H2N2OS/c6-2-1-5-4-3-2/h1H2. The van der Waals surface area contributed by atoms with E-state index in [9.17, 15) is 0 Å². The van der Waals surface area contributed by atoms with E-state index in [-0.39, 0.29) is 0 Å². The van der Waals surface area contributed by atoms with Crippen LogP contribution >= 0.6 is 12.2 Å². The molecule has 0 aromatic rings. The number of thiocarbonyl (C=S) groups is 1. The minimum atomic E-state index is 0.384. The first kappa shape index (κ1) is 3.67. The molecular weight excluding hydrogens is 100 g/mol. The van der Waals surface area contributed by atoms with Gasteiger partial charge in [-0.15, -0.1) is 5.11 Å². The lowest BCUT2D eigenvalue weighted by atomic mass is 10.7. The third-order valence-electron chi connectivity index (χ3n) is 0.398. The molecule has 1 rings (SSSR count). The van der Waals surface area contributed by atoms with Gasteiger partial charge in [0.15, 0.2) is 11.6 Å². The van der Waals surface area contributed by atoms with Crippen LogP contribution in [-0.2, 0) is 4.84 Å². The Balaban J connectivity index is 2.59. The molecule has 32 valence electrons. The van der Waals surface area contributed by atoms with E-state index in [0.29, 0.717) is 11.6 Å². The molecule has 0 aromatic heterocycles. The van der Waals surface area contributed by atoms with Gasteiger partial charge in [-0.2, -0.15) is 0 Å². The second-order valence-electron chi connectivity index (χ2n) is 0.849. The van der Waals surface area contributed by atoms with Gasteiger partial charge in [-0.3, -0.25) is 0 Å². The first-order valence-corrected chi connectivity index (χ1v) is 1.86. The second kappa shape index (κ2) is 1.30. The molecule has 0 amide bonds. The zero-order valence-corrected chi connectivity index (χ0v) is 3.73. The van der Waals surface area contributed by atoms with Gasteiger partial charge in [0.1, 0.15) is 0 Å². The largest absolute Gasteiger partial charge is 0.372 e. The fourth-order valence-electron chi connectivity index (χ4n) is 0.187. The smallest absolute Gasteiger partial charge is 0.173 e. The van der Waals surface area contributed by atoms with Crippen molar-refractivity contribution in [1.82, 2.24) is 0 Å². The Kier molecular flexibility index (Phi) is 0.795. The first-order valence-electron chi connectivity index (χ1n) is 1.45. The first-order chi connectivity index (χ1) is 2.89. The average Bonchev–Trinajstić information content (AvgIpc) is 1.86. The third kappa shape index (κ3) is 0.514. The van der Waals surface area contributed by atoms with Crippen molar-refractivity contribution in [1.29, 1.82) is 0 Å². The number of nitrogens with zero attached hydrogens (tertiary/aromatic N) is 2. The molecule has 1 aliphatic rings. The molecule has 0 aromatic carbocycles. The van der Waals surface area contributed by atoms with Crippen LogP contribution in [0.15, 0.2) is 10.4 Å². The van der Waals surface area contributed by atoms with Crippen molar-refractivity contribution in [2.75, 3.05) is 6.61 Å². The minimum Gasteiger partial charge on any atom is -0.372 e. The Morgan fingerprint density at radius 3 is 2.83 bits per heavy atom. The van der Waals surface area contributed by atoms with Gasteiger partial charge in [-0.25, -0.2) is 0 Å². The van der Waals surface area contributed by atoms with Gasteiger partial charge < -0.3 is 4.84 Å². The van der Waals surface area contributed by atoms with Crippen molar-refractivity contribution in [3.63, 3.8) is 0 Å². The Morgan fingerprint density at radius 1 is 1.83 bits per heavy atom. The van der Waals surface area contributed by atoms with Gasteiger partial charge >= 0.3 is 0 Å². The van der Waals surface area contributed by atoms with Gasteiger partial charge in [0.05, 0.1) is 0 Å². The number of rotatable bonds is 0. The third-order valence-corrected chi connectivity index (χ3v) is 0.598. The molecule has 0 aliphatic carbocycles. The van der Waals surface area contributed by atoms with E-state index < -0.39 is 0 Å². The maximum absolute atomic E-state index is 4.53. The van der Waals surface area contributed by atoms with Crippen LogP contribution in [0.2, 0.25) is 0 Å². The molecule has 0 spiro atoms. The molecule has 0 N–H and O–H groups in total. The monoisotopic (exact) mass is 102 g/mol. The number of hydrogen-bond donors (Lipinski definition) is 0. The highest BCUT2D eigenvalue weighted by molar-refractivity contribution is 7.80. The fourth-order valence-corrected chi connectivity index (χ4v) is 0.273. The lowest BCUT2D eigenvalue weighted by Crippen LogP contribution is -1.88. The molecule has 1 heterocycles. The van der Waals surface area contributed by atoms with Crippen molar-refractivity contribution in [2.24, 2.45) is 10.4 Å². The van der Waals surface area contributed by atoms with Gasteiger partial charge in [0.25, 0.3) is 0 Å². The molecule has 0 saturated heterocycles. The Bertz CT molecular complexity index is 99.7. The Hall–Kier alpha value is -0.510. The SMILES string of the molecule is S=C1CON=N1. The highest BCUT2D eigenvalue weighted by Crippen LogP contribution is 1.93. The minimum absolute atomic E-state index is 0.384. The Labute approximate surface area is 40.0 Å². The van der Waals surface area contributed by atoms with Crippen molar-refractivity contribution >= 4 is 17.2 Å². The van der Waals surface area contributed by atoms with Crippen LogP contribution < -0.4 is 0 Å². The summed E-state index contributed by atoms with van der Waals surface area (Å²) in [4.78, 5) is 4.90. The topological polar surface area (TPSA) is 34.0 Å². The summed E-state index contributed by atoms with van der Waals surface area (Å²) in [7, 11) is 0. The molecule has 6 heavy (non-hydrogen) atoms. The van der Waals surface area contributed by atoms with Crippen LogP contribution in [0.4, 0.5) is 0 Å². The highest BCUT2D eigenvalue weighted by atomic mass is 32.1. The van der Waals surface area contributed by atoms with E-state index in [1.807, 2.05) is 0 Å². The van der Waals surface area contributed by atoms with E-state index in [4.69, 9.17) is 0 Å². The van der Waals surface area contributed by atoms with Crippen molar-refractivity contribution < 1.29 is 4.84 Å². The van der Waals surface area contributed by atoms with E-state index in [1.54, 1.807) is 0 Å². The fraction of sp³-hybridized carbons (Fsp3) is 0.500. The Morgan fingerprint density at radius 2 is 2.67 bits per heavy atom. The molecule has 0 saturated carbocycles. The summed E-state index contributed by atoms with van der Waals surface area (Å²) in [5, 5.41) is 6.52. The maximum atomic E-state index is 4.53. The zero-order valence-electron chi connectivity index (χ0n) is 2.92. The highest BCUT2D eigenvalue weighted by Gasteiger charge is 1.98. The van der Waals surface area contributed by atoms with Crippen LogP contribution in [0, 0.1) is 0 Å². The van der Waals surface area contributed by atoms with E-state index in [0.717, 1.165) is 0 Å². The van der Waals surface area contributed by atoms with E-state index in [2.05, 4.69) is 27.4 Å². The van der Waals surface area contributed by atoms with Crippen LogP contribution in [0.5, 0.6) is 0 Å². The van der Waals surface area contributed by atoms with E-state index >= 15 is 0 Å². The summed E-state index contributed by atoms with van der Waals surface area (Å²) >= 11 is 4.53. The number of hydrogen-bond acceptors (Lipinski definition) is 3. The van der Waals surface area contributed by atoms with Crippen molar-refractivity contribution in [3.05, 3.63) is 0 Å². The quantitative estimate of drug-likeness (QED) is 0.422. The van der Waals surface area contributed by atoms with Crippen LogP contribution in [-0.4, -0.2) is 11.6 Å². The predicted molar refractivity (Wildman–Crippen MR) is 23.4 cm³/mol. The second-order valence-corrected chi connectivity index (χ2v) is 1.32. The predicted octanol–water partition coefficient (Wildman–Crippen LogP) is 0.711. The lowest BCUT2D eigenvalue weighted by Gasteiger charge is -1.73. The maximum Gasteiger partial charge on any atom is 0.173 e. The summed E-state index contributed by atoms with van der Waals surface area (Å²) in [5.41, 5.74) is 0. The van der Waals surface area contributed by atoms with Gasteiger partial charge in [-0.05, 0) is 0 Å².